The van der Waals surface area contributed by atoms with Crippen molar-refractivity contribution in [2.45, 2.75) is 32.7 Å². The Kier molecular flexibility index (Phi) is 6.45. The number of rotatable bonds is 7. The van der Waals surface area contributed by atoms with Crippen LogP contribution in [0.5, 0.6) is 0 Å². The van der Waals surface area contributed by atoms with Crippen molar-refractivity contribution >= 4 is 5.91 Å². The zero-order valence-corrected chi connectivity index (χ0v) is 18.3. The number of carbonyl (C=O) groups is 1. The number of benzene rings is 3. The molecule has 162 valence electrons. The molecular formula is C27H26FN3O. The van der Waals surface area contributed by atoms with Crippen molar-refractivity contribution in [3.63, 3.8) is 0 Å². The van der Waals surface area contributed by atoms with Crippen molar-refractivity contribution in [1.29, 1.82) is 0 Å². The maximum Gasteiger partial charge on any atom is 0.270 e. The fraction of sp³-hybridized carbons (Fsp3) is 0.185. The normalized spacial score (nSPS) is 11.8. The van der Waals surface area contributed by atoms with Crippen LogP contribution in [0.3, 0.4) is 0 Å². The summed E-state index contributed by atoms with van der Waals surface area (Å²) in [7, 11) is 0. The molecule has 0 aliphatic heterocycles. The molecule has 0 spiro atoms. The number of amides is 1. The van der Waals surface area contributed by atoms with Crippen LogP contribution >= 0.6 is 0 Å². The van der Waals surface area contributed by atoms with E-state index in [0.717, 1.165) is 29.7 Å². The Morgan fingerprint density at radius 2 is 1.69 bits per heavy atom. The van der Waals surface area contributed by atoms with Crippen molar-refractivity contribution in [3.05, 3.63) is 108 Å². The Hall–Kier alpha value is -3.73. The van der Waals surface area contributed by atoms with Gasteiger partial charge in [-0.3, -0.25) is 4.79 Å². The van der Waals surface area contributed by atoms with Gasteiger partial charge < -0.3 is 5.32 Å². The maximum atomic E-state index is 13.4. The van der Waals surface area contributed by atoms with E-state index >= 15 is 0 Å². The number of nitrogens with zero attached hydrogens (tertiary/aromatic N) is 2. The van der Waals surface area contributed by atoms with Crippen LogP contribution in [0.2, 0.25) is 0 Å². The lowest BCUT2D eigenvalue weighted by Crippen LogP contribution is -2.34. The molecule has 0 bridgehead atoms. The van der Waals surface area contributed by atoms with Gasteiger partial charge in [0.1, 0.15) is 11.5 Å². The Morgan fingerprint density at radius 3 is 2.38 bits per heavy atom. The van der Waals surface area contributed by atoms with Gasteiger partial charge in [-0.1, -0.05) is 48.0 Å². The molecule has 0 fully saturated rings. The Balaban J connectivity index is 1.58. The first kappa shape index (κ1) is 21.5. The van der Waals surface area contributed by atoms with Crippen LogP contribution in [0.25, 0.3) is 16.9 Å². The average Bonchev–Trinajstić information content (AvgIpc) is 3.25. The molecule has 4 aromatic rings. The van der Waals surface area contributed by atoms with Crippen LogP contribution in [-0.2, 0) is 6.42 Å². The van der Waals surface area contributed by atoms with Gasteiger partial charge in [-0.15, -0.1) is 0 Å². The molecule has 1 amide bonds. The van der Waals surface area contributed by atoms with E-state index in [0.29, 0.717) is 11.4 Å². The van der Waals surface area contributed by atoms with E-state index < -0.39 is 0 Å². The van der Waals surface area contributed by atoms with Crippen LogP contribution in [0.4, 0.5) is 4.39 Å². The number of hydrogen-bond acceptors (Lipinski definition) is 2. The third kappa shape index (κ3) is 5.11. The molecule has 4 rings (SSSR count). The molecule has 0 saturated carbocycles. The summed E-state index contributed by atoms with van der Waals surface area (Å²) in [5.74, 6) is -0.496. The van der Waals surface area contributed by atoms with Gasteiger partial charge in [-0.2, -0.15) is 5.10 Å². The third-order valence-electron chi connectivity index (χ3n) is 5.45. The quantitative estimate of drug-likeness (QED) is 0.409. The van der Waals surface area contributed by atoms with Gasteiger partial charge in [0, 0.05) is 11.6 Å². The summed E-state index contributed by atoms with van der Waals surface area (Å²) in [4.78, 5) is 13.2. The second kappa shape index (κ2) is 9.60. The summed E-state index contributed by atoms with van der Waals surface area (Å²) in [5.41, 5.74) is 4.99. The predicted molar refractivity (Wildman–Crippen MR) is 125 cm³/mol. The van der Waals surface area contributed by atoms with Crippen LogP contribution in [0.15, 0.2) is 84.9 Å². The van der Waals surface area contributed by atoms with Crippen LogP contribution in [0.1, 0.15) is 35.0 Å². The monoisotopic (exact) mass is 427 g/mol. The van der Waals surface area contributed by atoms with Crippen LogP contribution in [-0.4, -0.2) is 21.7 Å². The molecule has 0 saturated heterocycles. The van der Waals surface area contributed by atoms with E-state index in [4.69, 9.17) is 0 Å². The predicted octanol–water partition coefficient (Wildman–Crippen LogP) is 5.74. The molecule has 1 N–H and O–H groups in total. The highest BCUT2D eigenvalue weighted by atomic mass is 19.1. The summed E-state index contributed by atoms with van der Waals surface area (Å²) in [6.45, 7) is 4.02. The number of carbonyl (C=O) groups excluding carboxylic acids is 1. The van der Waals surface area contributed by atoms with Crippen molar-refractivity contribution in [3.8, 4) is 16.9 Å². The molecule has 1 unspecified atom stereocenters. The van der Waals surface area contributed by atoms with Gasteiger partial charge in [0.2, 0.25) is 0 Å². The van der Waals surface area contributed by atoms with E-state index in [1.165, 1.54) is 17.7 Å². The minimum absolute atomic E-state index is 0.00153. The topological polar surface area (TPSA) is 46.9 Å². The minimum Gasteiger partial charge on any atom is -0.348 e. The number of hydrogen-bond donors (Lipinski definition) is 1. The first-order chi connectivity index (χ1) is 15.5. The minimum atomic E-state index is -0.308. The molecule has 1 heterocycles. The molecule has 4 nitrogen and oxygen atoms in total. The van der Waals surface area contributed by atoms with Crippen molar-refractivity contribution in [1.82, 2.24) is 15.1 Å². The molecular weight excluding hydrogens is 401 g/mol. The summed E-state index contributed by atoms with van der Waals surface area (Å²) >= 11 is 0. The van der Waals surface area contributed by atoms with Gasteiger partial charge in [0.25, 0.3) is 5.91 Å². The number of aromatic nitrogens is 2. The molecule has 1 atom stereocenters. The van der Waals surface area contributed by atoms with Crippen LogP contribution in [0, 0.1) is 12.7 Å². The molecule has 0 aliphatic carbocycles. The lowest BCUT2D eigenvalue weighted by Gasteiger charge is -2.15. The van der Waals surface area contributed by atoms with Crippen molar-refractivity contribution < 1.29 is 9.18 Å². The lowest BCUT2D eigenvalue weighted by molar-refractivity contribution is 0.0930. The molecule has 5 heteroatoms. The molecule has 3 aromatic carbocycles. The molecule has 0 radical (unpaired) electrons. The summed E-state index contributed by atoms with van der Waals surface area (Å²) in [6.07, 6.45) is 1.72. The van der Waals surface area contributed by atoms with Gasteiger partial charge in [-0.25, -0.2) is 9.07 Å². The van der Waals surface area contributed by atoms with E-state index in [1.807, 2.05) is 56.3 Å². The van der Waals surface area contributed by atoms with Gasteiger partial charge in [0.15, 0.2) is 0 Å². The van der Waals surface area contributed by atoms with Crippen molar-refractivity contribution in [2.75, 3.05) is 0 Å². The first-order valence-corrected chi connectivity index (χ1v) is 10.8. The number of halogens is 1. The fourth-order valence-corrected chi connectivity index (χ4v) is 3.59. The fourth-order valence-electron chi connectivity index (χ4n) is 3.59. The lowest BCUT2D eigenvalue weighted by atomic mass is 10.1. The smallest absolute Gasteiger partial charge is 0.270 e. The highest BCUT2D eigenvalue weighted by molar-refractivity contribution is 5.94. The summed E-state index contributed by atoms with van der Waals surface area (Å²) < 4.78 is 15.0. The second-order valence-electron chi connectivity index (χ2n) is 8.07. The standard InChI is InChI=1S/C27H26FN3O/c1-19-8-16-24(17-9-19)31-26(18-25(30-31)22-12-14-23(28)15-13-22)27(32)29-20(2)10-11-21-6-4-3-5-7-21/h3-9,12-18,20H,10-11H2,1-2H3,(H,29,32). The van der Waals surface area contributed by atoms with Gasteiger partial charge in [0.05, 0.1) is 11.4 Å². The zero-order valence-electron chi connectivity index (χ0n) is 18.3. The maximum absolute atomic E-state index is 13.4. The number of aryl methyl sites for hydroxylation is 2. The molecule has 0 aliphatic rings. The largest absolute Gasteiger partial charge is 0.348 e. The van der Waals surface area contributed by atoms with E-state index in [1.54, 1.807) is 22.9 Å². The van der Waals surface area contributed by atoms with Gasteiger partial charge in [-0.05, 0) is 74.7 Å². The van der Waals surface area contributed by atoms with E-state index in [2.05, 4.69) is 22.5 Å². The molecule has 1 aromatic heterocycles. The zero-order chi connectivity index (χ0) is 22.5. The van der Waals surface area contributed by atoms with E-state index in [9.17, 15) is 9.18 Å². The summed E-state index contributed by atoms with van der Waals surface area (Å²) in [6, 6.07) is 26.0. The highest BCUT2D eigenvalue weighted by Crippen LogP contribution is 2.23. The average molecular weight is 428 g/mol. The Morgan fingerprint density at radius 1 is 1.00 bits per heavy atom. The Bertz CT molecular complexity index is 1180. The van der Waals surface area contributed by atoms with Crippen LogP contribution < -0.4 is 5.32 Å². The SMILES string of the molecule is Cc1ccc(-n2nc(-c3ccc(F)cc3)cc2C(=O)NC(C)CCc2ccccc2)cc1. The van der Waals surface area contributed by atoms with Crippen molar-refractivity contribution in [2.24, 2.45) is 0 Å². The first-order valence-electron chi connectivity index (χ1n) is 10.8. The van der Waals surface area contributed by atoms with Gasteiger partial charge >= 0.3 is 0 Å². The summed E-state index contributed by atoms with van der Waals surface area (Å²) in [5, 5.41) is 7.77. The molecule has 32 heavy (non-hydrogen) atoms. The van der Waals surface area contributed by atoms with E-state index in [-0.39, 0.29) is 17.8 Å². The highest BCUT2D eigenvalue weighted by Gasteiger charge is 2.19. The number of nitrogens with one attached hydrogen (secondary N) is 1. The Labute approximate surface area is 187 Å². The second-order valence-corrected chi connectivity index (χ2v) is 8.07. The third-order valence-corrected chi connectivity index (χ3v) is 5.45.